The van der Waals surface area contributed by atoms with Gasteiger partial charge in [0.1, 0.15) is 17.5 Å². The molecule has 1 fully saturated rings. The van der Waals surface area contributed by atoms with Gasteiger partial charge in [-0.3, -0.25) is 14.4 Å². The topological polar surface area (TPSA) is 94.2 Å². The maximum atomic E-state index is 13.0. The van der Waals surface area contributed by atoms with Gasteiger partial charge in [0.2, 0.25) is 5.91 Å². The summed E-state index contributed by atoms with van der Waals surface area (Å²) >= 11 is 0. The van der Waals surface area contributed by atoms with Crippen molar-refractivity contribution >= 4 is 17.8 Å². The molecular formula is C18H24N2O6. The van der Waals surface area contributed by atoms with Gasteiger partial charge in [-0.2, -0.15) is 0 Å². The molecular weight excluding hydrogens is 340 g/mol. The largest absolute Gasteiger partial charge is 0.497 e. The minimum Gasteiger partial charge on any atom is -0.497 e. The van der Waals surface area contributed by atoms with Crippen molar-refractivity contribution in [2.24, 2.45) is 0 Å². The fraction of sp³-hybridized carbons (Fsp3) is 0.500. The second-order valence-corrected chi connectivity index (χ2v) is 5.80. The lowest BCUT2D eigenvalue weighted by Gasteiger charge is -2.34. The van der Waals surface area contributed by atoms with E-state index >= 15 is 0 Å². The number of ether oxygens (including phenoxy) is 3. The van der Waals surface area contributed by atoms with Crippen molar-refractivity contribution in [3.05, 3.63) is 23.8 Å². The fourth-order valence-electron chi connectivity index (χ4n) is 2.72. The smallest absolute Gasteiger partial charge is 0.308 e. The van der Waals surface area contributed by atoms with Gasteiger partial charge in [-0.25, -0.2) is 0 Å². The highest BCUT2D eigenvalue weighted by Gasteiger charge is 2.36. The second kappa shape index (κ2) is 9.07. The molecule has 1 aliphatic heterocycles. The molecule has 2 rings (SSSR count). The Bertz CT molecular complexity index is 676. The zero-order valence-corrected chi connectivity index (χ0v) is 15.2. The standard InChI is InChI=1S/C18H24N2O6/c1-4-9-26-16(21)11-14-17(22)19-7-8-20(14)18(23)13-6-5-12(24-2)10-15(13)25-3/h5-6,10,14H,4,7-9,11H2,1-3H3,(H,19,22). The van der Waals surface area contributed by atoms with Crippen LogP contribution < -0.4 is 14.8 Å². The molecule has 0 aromatic heterocycles. The van der Waals surface area contributed by atoms with Crippen LogP contribution in [0.1, 0.15) is 30.1 Å². The summed E-state index contributed by atoms with van der Waals surface area (Å²) in [5.41, 5.74) is 0.301. The van der Waals surface area contributed by atoms with Gasteiger partial charge in [0.15, 0.2) is 0 Å². The molecule has 1 atom stereocenters. The van der Waals surface area contributed by atoms with Crippen molar-refractivity contribution < 1.29 is 28.6 Å². The van der Waals surface area contributed by atoms with Crippen LogP contribution in [0.25, 0.3) is 0 Å². The first kappa shape index (κ1) is 19.6. The molecule has 8 nitrogen and oxygen atoms in total. The highest BCUT2D eigenvalue weighted by atomic mass is 16.5. The molecule has 1 saturated heterocycles. The van der Waals surface area contributed by atoms with Gasteiger partial charge < -0.3 is 24.4 Å². The summed E-state index contributed by atoms with van der Waals surface area (Å²) in [5.74, 6) is -0.367. The van der Waals surface area contributed by atoms with Crippen molar-refractivity contribution in [1.82, 2.24) is 10.2 Å². The highest BCUT2D eigenvalue weighted by Crippen LogP contribution is 2.27. The van der Waals surface area contributed by atoms with E-state index in [1.54, 1.807) is 18.2 Å². The Morgan fingerprint density at radius 3 is 2.69 bits per heavy atom. The van der Waals surface area contributed by atoms with Crippen LogP contribution in [-0.2, 0) is 14.3 Å². The first-order chi connectivity index (χ1) is 12.5. The molecule has 26 heavy (non-hydrogen) atoms. The van der Waals surface area contributed by atoms with Crippen LogP contribution in [0.3, 0.4) is 0 Å². The Morgan fingerprint density at radius 1 is 1.27 bits per heavy atom. The third-order valence-electron chi connectivity index (χ3n) is 4.06. The molecule has 0 bridgehead atoms. The lowest BCUT2D eigenvalue weighted by atomic mass is 10.1. The van der Waals surface area contributed by atoms with E-state index in [9.17, 15) is 14.4 Å². The van der Waals surface area contributed by atoms with Crippen LogP contribution in [0.5, 0.6) is 11.5 Å². The van der Waals surface area contributed by atoms with E-state index in [2.05, 4.69) is 5.32 Å². The van der Waals surface area contributed by atoms with Crippen LogP contribution >= 0.6 is 0 Å². The summed E-state index contributed by atoms with van der Waals surface area (Å²) in [6.07, 6.45) is 0.504. The van der Waals surface area contributed by atoms with Crippen LogP contribution in [0.2, 0.25) is 0 Å². The molecule has 1 aromatic rings. The van der Waals surface area contributed by atoms with Gasteiger partial charge in [0.25, 0.3) is 5.91 Å². The van der Waals surface area contributed by atoms with Crippen LogP contribution in [0.15, 0.2) is 18.2 Å². The van der Waals surface area contributed by atoms with Crippen LogP contribution in [0.4, 0.5) is 0 Å². The van der Waals surface area contributed by atoms with Gasteiger partial charge >= 0.3 is 5.97 Å². The van der Waals surface area contributed by atoms with E-state index in [1.165, 1.54) is 19.1 Å². The Labute approximate surface area is 152 Å². The molecule has 1 aromatic carbocycles. The lowest BCUT2D eigenvalue weighted by molar-refractivity contribution is -0.147. The predicted molar refractivity (Wildman–Crippen MR) is 93.2 cm³/mol. The number of methoxy groups -OCH3 is 2. The average molecular weight is 364 g/mol. The number of nitrogens with zero attached hydrogens (tertiary/aromatic N) is 1. The summed E-state index contributed by atoms with van der Waals surface area (Å²) in [4.78, 5) is 38.6. The van der Waals surface area contributed by atoms with Gasteiger partial charge in [-0.15, -0.1) is 0 Å². The molecule has 1 heterocycles. The third kappa shape index (κ3) is 4.44. The van der Waals surface area contributed by atoms with Crippen molar-refractivity contribution in [2.75, 3.05) is 33.9 Å². The first-order valence-electron chi connectivity index (χ1n) is 8.48. The van der Waals surface area contributed by atoms with E-state index in [4.69, 9.17) is 14.2 Å². The lowest BCUT2D eigenvalue weighted by Crippen LogP contribution is -2.57. The number of rotatable bonds is 7. The summed E-state index contributed by atoms with van der Waals surface area (Å²) in [6, 6.07) is 3.91. The Hall–Kier alpha value is -2.77. The molecule has 0 aliphatic carbocycles. The van der Waals surface area contributed by atoms with E-state index < -0.39 is 12.0 Å². The van der Waals surface area contributed by atoms with Gasteiger partial charge in [-0.05, 0) is 18.6 Å². The molecule has 0 saturated carbocycles. The Morgan fingerprint density at radius 2 is 2.04 bits per heavy atom. The van der Waals surface area contributed by atoms with Crippen LogP contribution in [-0.4, -0.2) is 62.6 Å². The van der Waals surface area contributed by atoms with Crippen molar-refractivity contribution in [3.8, 4) is 11.5 Å². The molecule has 0 spiro atoms. The normalized spacial score (nSPS) is 16.7. The molecule has 142 valence electrons. The van der Waals surface area contributed by atoms with E-state index in [1.807, 2.05) is 6.92 Å². The van der Waals surface area contributed by atoms with Gasteiger partial charge in [0, 0.05) is 19.2 Å². The highest BCUT2D eigenvalue weighted by molar-refractivity contribution is 6.01. The predicted octanol–water partition coefficient (Wildman–Crippen LogP) is 0.988. The van der Waals surface area contributed by atoms with E-state index in [-0.39, 0.29) is 24.8 Å². The molecule has 1 unspecified atom stereocenters. The number of carbonyl (C=O) groups is 3. The maximum Gasteiger partial charge on any atom is 0.308 e. The number of hydrogen-bond acceptors (Lipinski definition) is 6. The minimum atomic E-state index is -0.910. The number of hydrogen-bond donors (Lipinski definition) is 1. The van der Waals surface area contributed by atoms with Crippen LogP contribution in [0, 0.1) is 0 Å². The fourth-order valence-corrected chi connectivity index (χ4v) is 2.72. The Balaban J connectivity index is 2.24. The first-order valence-corrected chi connectivity index (χ1v) is 8.48. The van der Waals surface area contributed by atoms with Crippen molar-refractivity contribution in [3.63, 3.8) is 0 Å². The Kier molecular flexibility index (Phi) is 6.82. The van der Waals surface area contributed by atoms with Gasteiger partial charge in [0.05, 0.1) is 32.8 Å². The number of benzene rings is 1. The summed E-state index contributed by atoms with van der Waals surface area (Å²) in [5, 5.41) is 2.68. The zero-order chi connectivity index (χ0) is 19.1. The summed E-state index contributed by atoms with van der Waals surface area (Å²) < 4.78 is 15.5. The summed E-state index contributed by atoms with van der Waals surface area (Å²) in [7, 11) is 2.97. The van der Waals surface area contributed by atoms with E-state index in [0.29, 0.717) is 36.6 Å². The third-order valence-corrected chi connectivity index (χ3v) is 4.06. The maximum absolute atomic E-state index is 13.0. The van der Waals surface area contributed by atoms with E-state index in [0.717, 1.165) is 0 Å². The van der Waals surface area contributed by atoms with Crippen molar-refractivity contribution in [2.45, 2.75) is 25.8 Å². The number of amides is 2. The van der Waals surface area contributed by atoms with Gasteiger partial charge in [-0.1, -0.05) is 6.92 Å². The number of nitrogens with one attached hydrogen (secondary N) is 1. The molecule has 0 radical (unpaired) electrons. The molecule has 2 amide bonds. The quantitative estimate of drug-likeness (QED) is 0.725. The average Bonchev–Trinajstić information content (AvgIpc) is 2.66. The second-order valence-electron chi connectivity index (χ2n) is 5.80. The summed E-state index contributed by atoms with van der Waals surface area (Å²) in [6.45, 7) is 2.79. The SMILES string of the molecule is CCCOC(=O)CC1C(=O)NCCN1C(=O)c1ccc(OC)cc1OC. The molecule has 1 aliphatic rings. The minimum absolute atomic E-state index is 0.184. The number of piperazine rings is 1. The number of carbonyl (C=O) groups excluding carboxylic acids is 3. The molecule has 1 N–H and O–H groups in total. The number of esters is 1. The molecule has 8 heteroatoms. The monoisotopic (exact) mass is 364 g/mol. The van der Waals surface area contributed by atoms with Crippen molar-refractivity contribution in [1.29, 1.82) is 0 Å². The zero-order valence-electron chi connectivity index (χ0n) is 15.2.